The molecule has 1 aromatic heterocycles. The highest BCUT2D eigenvalue weighted by molar-refractivity contribution is 7.92. The maximum atomic E-state index is 12.4. The molecule has 0 fully saturated rings. The van der Waals surface area contributed by atoms with Crippen LogP contribution < -0.4 is 10.0 Å². The number of nitrogens with zero attached hydrogens (tertiary/aromatic N) is 2. The van der Waals surface area contributed by atoms with E-state index in [1.807, 2.05) is 0 Å². The zero-order chi connectivity index (χ0) is 13.2. The highest BCUT2D eigenvalue weighted by Crippen LogP contribution is 2.27. The number of nitrogens with two attached hydrogens (primary N) is 1. The normalized spacial score (nSPS) is 11.4. The number of anilines is 2. The van der Waals surface area contributed by atoms with E-state index in [0.29, 0.717) is 11.4 Å². The Hall–Kier alpha value is -2.02. The maximum Gasteiger partial charge on any atom is 0.281 e. The number of nitrogens with one attached hydrogen (secondary N) is 1. The number of hydrogen-bond donors (Lipinski definition) is 2. The molecule has 6 nitrogen and oxygen atoms in total. The number of para-hydroxylation sites is 2. The molecule has 0 amide bonds. The summed E-state index contributed by atoms with van der Waals surface area (Å²) >= 11 is 0. The van der Waals surface area contributed by atoms with Crippen molar-refractivity contribution in [2.45, 2.75) is 11.9 Å². The molecule has 1 heterocycles. The zero-order valence-electron chi connectivity index (χ0n) is 9.87. The SMILES string of the molecule is CCN(c1ccccc1N)S(=O)(=O)c1cnc[nH]1. The Balaban J connectivity index is 2.51. The van der Waals surface area contributed by atoms with Crippen molar-refractivity contribution in [1.29, 1.82) is 0 Å². The van der Waals surface area contributed by atoms with Crippen LogP contribution >= 0.6 is 0 Å². The van der Waals surface area contributed by atoms with Gasteiger partial charge in [0.05, 0.1) is 23.9 Å². The minimum Gasteiger partial charge on any atom is -0.397 e. The quantitative estimate of drug-likeness (QED) is 0.813. The summed E-state index contributed by atoms with van der Waals surface area (Å²) < 4.78 is 26.0. The minimum absolute atomic E-state index is 0.0487. The topological polar surface area (TPSA) is 92.1 Å². The first-order valence-corrected chi connectivity index (χ1v) is 6.87. The number of sulfonamides is 1. The molecule has 2 aromatic rings. The summed E-state index contributed by atoms with van der Waals surface area (Å²) in [7, 11) is -3.65. The Bertz CT molecular complexity index is 622. The van der Waals surface area contributed by atoms with Gasteiger partial charge in [-0.25, -0.2) is 4.98 Å². The Labute approximate surface area is 106 Å². The highest BCUT2D eigenvalue weighted by Gasteiger charge is 2.25. The van der Waals surface area contributed by atoms with E-state index in [-0.39, 0.29) is 11.6 Å². The number of rotatable bonds is 4. The Morgan fingerprint density at radius 1 is 1.39 bits per heavy atom. The van der Waals surface area contributed by atoms with Crippen LogP contribution in [0.1, 0.15) is 6.92 Å². The van der Waals surface area contributed by atoms with E-state index in [2.05, 4.69) is 9.97 Å². The van der Waals surface area contributed by atoms with Crippen molar-refractivity contribution >= 4 is 21.4 Å². The largest absolute Gasteiger partial charge is 0.397 e. The molecule has 2 rings (SSSR count). The zero-order valence-corrected chi connectivity index (χ0v) is 10.7. The number of benzene rings is 1. The first-order chi connectivity index (χ1) is 8.57. The van der Waals surface area contributed by atoms with Gasteiger partial charge in [-0.05, 0) is 19.1 Å². The fourth-order valence-corrected chi connectivity index (χ4v) is 3.09. The van der Waals surface area contributed by atoms with Crippen LogP contribution in [0, 0.1) is 0 Å². The lowest BCUT2D eigenvalue weighted by Crippen LogP contribution is -2.31. The van der Waals surface area contributed by atoms with Crippen molar-refractivity contribution in [2.24, 2.45) is 0 Å². The van der Waals surface area contributed by atoms with E-state index < -0.39 is 10.0 Å². The molecule has 7 heteroatoms. The molecule has 0 aliphatic heterocycles. The monoisotopic (exact) mass is 266 g/mol. The third kappa shape index (κ3) is 2.04. The van der Waals surface area contributed by atoms with Crippen molar-refractivity contribution in [3.63, 3.8) is 0 Å². The van der Waals surface area contributed by atoms with E-state index in [9.17, 15) is 8.42 Å². The second-order valence-corrected chi connectivity index (χ2v) is 5.48. The van der Waals surface area contributed by atoms with E-state index in [1.54, 1.807) is 31.2 Å². The number of hydrogen-bond acceptors (Lipinski definition) is 4. The fourth-order valence-electron chi connectivity index (χ4n) is 1.69. The lowest BCUT2D eigenvalue weighted by atomic mass is 10.3. The van der Waals surface area contributed by atoms with Gasteiger partial charge in [0.2, 0.25) is 0 Å². The van der Waals surface area contributed by atoms with Crippen molar-refractivity contribution in [3.8, 4) is 0 Å². The molecule has 0 aliphatic carbocycles. The van der Waals surface area contributed by atoms with Gasteiger partial charge in [0.15, 0.2) is 5.03 Å². The van der Waals surface area contributed by atoms with Crippen LogP contribution in [-0.4, -0.2) is 24.9 Å². The Kier molecular flexibility index (Phi) is 3.24. The van der Waals surface area contributed by atoms with Crippen LogP contribution in [0.4, 0.5) is 11.4 Å². The van der Waals surface area contributed by atoms with Gasteiger partial charge in [0, 0.05) is 6.54 Å². The molecule has 1 aromatic carbocycles. The molecule has 0 unspecified atom stereocenters. The summed E-state index contributed by atoms with van der Waals surface area (Å²) in [5.74, 6) is 0. The number of aromatic nitrogens is 2. The molecule has 0 aliphatic rings. The van der Waals surface area contributed by atoms with Crippen molar-refractivity contribution in [2.75, 3.05) is 16.6 Å². The highest BCUT2D eigenvalue weighted by atomic mass is 32.2. The molecular formula is C11H14N4O2S. The average molecular weight is 266 g/mol. The van der Waals surface area contributed by atoms with Crippen molar-refractivity contribution < 1.29 is 8.42 Å². The summed E-state index contributed by atoms with van der Waals surface area (Å²) in [6.07, 6.45) is 2.60. The molecule has 0 radical (unpaired) electrons. The number of aromatic amines is 1. The van der Waals surface area contributed by atoms with Gasteiger partial charge in [-0.3, -0.25) is 4.31 Å². The molecule has 0 saturated carbocycles. The van der Waals surface area contributed by atoms with Crippen LogP contribution in [0.25, 0.3) is 0 Å². The van der Waals surface area contributed by atoms with Gasteiger partial charge >= 0.3 is 0 Å². The van der Waals surface area contributed by atoms with Crippen LogP contribution in [0.2, 0.25) is 0 Å². The van der Waals surface area contributed by atoms with Crippen LogP contribution in [0.5, 0.6) is 0 Å². The molecule has 0 saturated heterocycles. The van der Waals surface area contributed by atoms with Crippen molar-refractivity contribution in [3.05, 3.63) is 36.8 Å². The summed E-state index contributed by atoms with van der Waals surface area (Å²) in [4.78, 5) is 6.33. The molecule has 0 spiro atoms. The van der Waals surface area contributed by atoms with Gasteiger partial charge in [0.25, 0.3) is 10.0 Å². The number of H-pyrrole nitrogens is 1. The van der Waals surface area contributed by atoms with E-state index in [4.69, 9.17) is 5.73 Å². The summed E-state index contributed by atoms with van der Waals surface area (Å²) in [6, 6.07) is 6.85. The third-order valence-electron chi connectivity index (χ3n) is 2.53. The summed E-state index contributed by atoms with van der Waals surface area (Å²) in [5.41, 5.74) is 6.70. The maximum absolute atomic E-state index is 12.4. The third-order valence-corrected chi connectivity index (χ3v) is 4.35. The van der Waals surface area contributed by atoms with Gasteiger partial charge in [-0.2, -0.15) is 8.42 Å². The van der Waals surface area contributed by atoms with Gasteiger partial charge in [0.1, 0.15) is 0 Å². The number of nitrogen functional groups attached to an aromatic ring is 1. The standard InChI is InChI=1S/C11H14N4O2S/c1-2-15(10-6-4-3-5-9(10)12)18(16,17)11-7-13-8-14-11/h3-8H,2,12H2,1H3,(H,13,14). The smallest absolute Gasteiger partial charge is 0.281 e. The lowest BCUT2D eigenvalue weighted by Gasteiger charge is -2.23. The van der Waals surface area contributed by atoms with Gasteiger partial charge in [-0.15, -0.1) is 0 Å². The van der Waals surface area contributed by atoms with Crippen LogP contribution in [-0.2, 0) is 10.0 Å². The van der Waals surface area contributed by atoms with Gasteiger partial charge in [-0.1, -0.05) is 12.1 Å². The van der Waals surface area contributed by atoms with E-state index >= 15 is 0 Å². The van der Waals surface area contributed by atoms with E-state index in [1.165, 1.54) is 16.8 Å². The average Bonchev–Trinajstić information content (AvgIpc) is 2.86. The summed E-state index contributed by atoms with van der Waals surface area (Å²) in [5, 5.41) is 0.0487. The fraction of sp³-hybridized carbons (Fsp3) is 0.182. The predicted octanol–water partition coefficient (Wildman–Crippen LogP) is 1.21. The Morgan fingerprint density at radius 3 is 2.67 bits per heavy atom. The molecule has 0 atom stereocenters. The molecule has 18 heavy (non-hydrogen) atoms. The Morgan fingerprint density at radius 2 is 2.11 bits per heavy atom. The van der Waals surface area contributed by atoms with Crippen LogP contribution in [0.15, 0.2) is 41.8 Å². The van der Waals surface area contributed by atoms with Crippen LogP contribution in [0.3, 0.4) is 0 Å². The summed E-state index contributed by atoms with van der Waals surface area (Å²) in [6.45, 7) is 2.04. The molecule has 0 bridgehead atoms. The van der Waals surface area contributed by atoms with E-state index in [0.717, 1.165) is 0 Å². The lowest BCUT2D eigenvalue weighted by molar-refractivity contribution is 0.589. The second-order valence-electron chi connectivity index (χ2n) is 3.64. The molecule has 96 valence electrons. The first-order valence-electron chi connectivity index (χ1n) is 5.43. The first kappa shape index (κ1) is 12.4. The van der Waals surface area contributed by atoms with Gasteiger partial charge < -0.3 is 10.7 Å². The predicted molar refractivity (Wildman–Crippen MR) is 69.6 cm³/mol. The molecular weight excluding hydrogens is 252 g/mol. The molecule has 3 N–H and O–H groups in total. The minimum atomic E-state index is -3.65. The second kappa shape index (κ2) is 4.69. The van der Waals surface area contributed by atoms with Crippen molar-refractivity contribution in [1.82, 2.24) is 9.97 Å². The number of imidazole rings is 1.